The molecule has 0 aromatic heterocycles. The quantitative estimate of drug-likeness (QED) is 0.641. The Bertz CT molecular complexity index is 369. The summed E-state index contributed by atoms with van der Waals surface area (Å²) in [5.41, 5.74) is 1.11. The van der Waals surface area contributed by atoms with E-state index in [1.54, 1.807) is 6.08 Å². The number of hydrogen-bond donors (Lipinski definition) is 0. The molecule has 1 aromatic carbocycles. The molecule has 0 radical (unpaired) electrons. The average molecular weight is 232 g/mol. The minimum Gasteiger partial charge on any atom is -0.494 e. The molecule has 0 aliphatic rings. The third kappa shape index (κ3) is 4.85. The van der Waals surface area contributed by atoms with Crippen LogP contribution < -0.4 is 4.74 Å². The van der Waals surface area contributed by atoms with Crippen LogP contribution in [0.3, 0.4) is 0 Å². The Morgan fingerprint density at radius 3 is 2.82 bits per heavy atom. The number of para-hydroxylation sites is 1. The van der Waals surface area contributed by atoms with Gasteiger partial charge in [-0.05, 0) is 31.4 Å². The van der Waals surface area contributed by atoms with Crippen molar-refractivity contribution in [1.82, 2.24) is 0 Å². The SMILES string of the molecule is C=CCCC(=O)CCc1ccccc1OCC. The van der Waals surface area contributed by atoms with Gasteiger partial charge in [-0.1, -0.05) is 24.3 Å². The van der Waals surface area contributed by atoms with Gasteiger partial charge in [0.15, 0.2) is 0 Å². The monoisotopic (exact) mass is 232 g/mol. The Kier molecular flexibility index (Phi) is 6.08. The Morgan fingerprint density at radius 1 is 1.35 bits per heavy atom. The van der Waals surface area contributed by atoms with Crippen LogP contribution in [0.2, 0.25) is 0 Å². The van der Waals surface area contributed by atoms with E-state index in [1.165, 1.54) is 0 Å². The van der Waals surface area contributed by atoms with Crippen molar-refractivity contribution in [2.75, 3.05) is 6.61 Å². The van der Waals surface area contributed by atoms with Gasteiger partial charge in [-0.3, -0.25) is 4.79 Å². The molecule has 0 aliphatic carbocycles. The molecule has 0 atom stereocenters. The first kappa shape index (κ1) is 13.5. The van der Waals surface area contributed by atoms with Gasteiger partial charge in [-0.2, -0.15) is 0 Å². The average Bonchev–Trinajstić information content (AvgIpc) is 2.35. The van der Waals surface area contributed by atoms with Gasteiger partial charge in [-0.25, -0.2) is 0 Å². The predicted molar refractivity (Wildman–Crippen MR) is 70.4 cm³/mol. The van der Waals surface area contributed by atoms with Crippen LogP contribution >= 0.6 is 0 Å². The molecule has 92 valence electrons. The standard InChI is InChI=1S/C15H20O2/c1-3-5-9-14(16)12-11-13-8-6-7-10-15(13)17-4-2/h3,6-8,10H,1,4-5,9,11-12H2,2H3. The Hall–Kier alpha value is -1.57. The van der Waals surface area contributed by atoms with Crippen LogP contribution in [0.4, 0.5) is 0 Å². The molecule has 17 heavy (non-hydrogen) atoms. The number of Topliss-reactive ketones (excluding diaryl/α,β-unsaturated/α-hetero) is 1. The van der Waals surface area contributed by atoms with Crippen LogP contribution in [-0.4, -0.2) is 12.4 Å². The molecule has 0 saturated carbocycles. The number of ether oxygens (including phenoxy) is 1. The van der Waals surface area contributed by atoms with Gasteiger partial charge < -0.3 is 4.74 Å². The van der Waals surface area contributed by atoms with E-state index in [2.05, 4.69) is 6.58 Å². The second-order valence-corrected chi connectivity index (χ2v) is 3.91. The molecule has 0 fully saturated rings. The highest BCUT2D eigenvalue weighted by molar-refractivity contribution is 5.78. The zero-order valence-electron chi connectivity index (χ0n) is 10.4. The molecule has 1 rings (SSSR count). The van der Waals surface area contributed by atoms with E-state index in [-0.39, 0.29) is 5.78 Å². The van der Waals surface area contributed by atoms with E-state index in [1.807, 2.05) is 31.2 Å². The lowest BCUT2D eigenvalue weighted by Gasteiger charge is -2.09. The molecule has 2 nitrogen and oxygen atoms in total. The highest BCUT2D eigenvalue weighted by atomic mass is 16.5. The first-order chi connectivity index (χ1) is 8.27. The van der Waals surface area contributed by atoms with Crippen LogP contribution in [0, 0.1) is 0 Å². The first-order valence-corrected chi connectivity index (χ1v) is 6.11. The Morgan fingerprint density at radius 2 is 2.12 bits per heavy atom. The molecule has 0 heterocycles. The highest BCUT2D eigenvalue weighted by Crippen LogP contribution is 2.19. The van der Waals surface area contributed by atoms with Gasteiger partial charge in [0.2, 0.25) is 0 Å². The topological polar surface area (TPSA) is 26.3 Å². The minimum atomic E-state index is 0.288. The molecule has 1 aromatic rings. The second-order valence-electron chi connectivity index (χ2n) is 3.91. The number of carbonyl (C=O) groups is 1. The lowest BCUT2D eigenvalue weighted by Crippen LogP contribution is -2.02. The fourth-order valence-corrected chi connectivity index (χ4v) is 1.67. The maximum Gasteiger partial charge on any atom is 0.133 e. The fourth-order valence-electron chi connectivity index (χ4n) is 1.67. The third-order valence-corrected chi connectivity index (χ3v) is 2.57. The molecule has 0 saturated heterocycles. The number of allylic oxidation sites excluding steroid dienone is 1. The zero-order valence-corrected chi connectivity index (χ0v) is 10.4. The van der Waals surface area contributed by atoms with E-state index in [9.17, 15) is 4.79 Å². The molecule has 0 N–H and O–H groups in total. The van der Waals surface area contributed by atoms with Gasteiger partial charge in [0.05, 0.1) is 6.61 Å². The van der Waals surface area contributed by atoms with E-state index < -0.39 is 0 Å². The maximum absolute atomic E-state index is 11.6. The Balaban J connectivity index is 2.50. The zero-order chi connectivity index (χ0) is 12.5. The summed E-state index contributed by atoms with van der Waals surface area (Å²) in [5.74, 6) is 1.18. The molecule has 0 aliphatic heterocycles. The highest BCUT2D eigenvalue weighted by Gasteiger charge is 2.05. The van der Waals surface area contributed by atoms with Gasteiger partial charge in [0.25, 0.3) is 0 Å². The van der Waals surface area contributed by atoms with E-state index >= 15 is 0 Å². The summed E-state index contributed by atoms with van der Waals surface area (Å²) in [6.07, 6.45) is 4.49. The summed E-state index contributed by atoms with van der Waals surface area (Å²) in [6.45, 7) is 6.24. The van der Waals surface area contributed by atoms with Crippen molar-refractivity contribution in [2.45, 2.75) is 32.6 Å². The van der Waals surface area contributed by atoms with E-state index in [0.29, 0.717) is 19.4 Å². The number of hydrogen-bond acceptors (Lipinski definition) is 2. The number of ketones is 1. The van der Waals surface area contributed by atoms with E-state index in [4.69, 9.17) is 4.74 Å². The molecular weight excluding hydrogens is 212 g/mol. The summed E-state index contributed by atoms with van der Waals surface area (Å²) < 4.78 is 5.52. The first-order valence-electron chi connectivity index (χ1n) is 6.11. The van der Waals surface area contributed by atoms with E-state index in [0.717, 1.165) is 24.2 Å². The molecule has 0 bridgehead atoms. The largest absolute Gasteiger partial charge is 0.494 e. The molecular formula is C15H20O2. The normalized spacial score (nSPS) is 9.94. The summed E-state index contributed by atoms with van der Waals surface area (Å²) in [7, 11) is 0. The summed E-state index contributed by atoms with van der Waals surface area (Å²) in [4.78, 5) is 11.6. The van der Waals surface area contributed by atoms with Crippen LogP contribution in [0.1, 0.15) is 31.7 Å². The number of carbonyl (C=O) groups excluding carboxylic acids is 1. The van der Waals surface area contributed by atoms with Crippen molar-refractivity contribution in [3.05, 3.63) is 42.5 Å². The lowest BCUT2D eigenvalue weighted by molar-refractivity contribution is -0.118. The molecule has 2 heteroatoms. The van der Waals surface area contributed by atoms with Crippen LogP contribution in [0.25, 0.3) is 0 Å². The summed E-state index contributed by atoms with van der Waals surface area (Å²) in [5, 5.41) is 0. The van der Waals surface area contributed by atoms with Crippen molar-refractivity contribution >= 4 is 5.78 Å². The number of aryl methyl sites for hydroxylation is 1. The molecule has 0 spiro atoms. The van der Waals surface area contributed by atoms with Crippen molar-refractivity contribution in [3.63, 3.8) is 0 Å². The van der Waals surface area contributed by atoms with Crippen molar-refractivity contribution < 1.29 is 9.53 Å². The number of rotatable bonds is 8. The van der Waals surface area contributed by atoms with Crippen LogP contribution in [0.5, 0.6) is 5.75 Å². The van der Waals surface area contributed by atoms with Crippen molar-refractivity contribution in [3.8, 4) is 5.75 Å². The summed E-state index contributed by atoms with van der Waals surface area (Å²) in [6, 6.07) is 7.90. The van der Waals surface area contributed by atoms with Crippen molar-refractivity contribution in [2.24, 2.45) is 0 Å². The maximum atomic E-state index is 11.6. The lowest BCUT2D eigenvalue weighted by atomic mass is 10.0. The third-order valence-electron chi connectivity index (χ3n) is 2.57. The van der Waals surface area contributed by atoms with Gasteiger partial charge in [-0.15, -0.1) is 6.58 Å². The molecule has 0 unspecified atom stereocenters. The smallest absolute Gasteiger partial charge is 0.133 e. The van der Waals surface area contributed by atoms with Crippen LogP contribution in [0.15, 0.2) is 36.9 Å². The van der Waals surface area contributed by atoms with Crippen molar-refractivity contribution in [1.29, 1.82) is 0 Å². The van der Waals surface area contributed by atoms with Gasteiger partial charge in [0, 0.05) is 12.8 Å². The minimum absolute atomic E-state index is 0.288. The van der Waals surface area contributed by atoms with Gasteiger partial charge >= 0.3 is 0 Å². The number of benzene rings is 1. The summed E-state index contributed by atoms with van der Waals surface area (Å²) >= 11 is 0. The molecule has 0 amide bonds. The van der Waals surface area contributed by atoms with Crippen LogP contribution in [-0.2, 0) is 11.2 Å². The van der Waals surface area contributed by atoms with Gasteiger partial charge in [0.1, 0.15) is 11.5 Å². The Labute approximate surface area is 103 Å². The second kappa shape index (κ2) is 7.66. The predicted octanol–water partition coefficient (Wildman–Crippen LogP) is 3.55. The fraction of sp³-hybridized carbons (Fsp3) is 0.400.